The van der Waals surface area contributed by atoms with Crippen molar-refractivity contribution >= 4 is 32.8 Å². The summed E-state index contributed by atoms with van der Waals surface area (Å²) in [6.45, 7) is 2.78. The second-order valence-electron chi connectivity index (χ2n) is 5.23. The molecule has 0 fully saturated rings. The van der Waals surface area contributed by atoms with Gasteiger partial charge >= 0.3 is 0 Å². The van der Waals surface area contributed by atoms with E-state index in [1.165, 1.54) is 4.31 Å². The van der Waals surface area contributed by atoms with Crippen molar-refractivity contribution < 1.29 is 13.2 Å². The number of benzene rings is 2. The number of fused-ring (bicyclic) bond motifs is 1. The molecule has 0 aliphatic heterocycles. The van der Waals surface area contributed by atoms with E-state index in [0.29, 0.717) is 17.6 Å². The van der Waals surface area contributed by atoms with Gasteiger partial charge < -0.3 is 4.74 Å². The molecule has 0 N–H and O–H groups in total. The smallest absolute Gasteiger partial charge is 0.245 e. The molecule has 0 spiro atoms. The van der Waals surface area contributed by atoms with Gasteiger partial charge in [-0.25, -0.2) is 8.42 Å². The lowest BCUT2D eigenvalue weighted by molar-refractivity contribution is 0.340. The van der Waals surface area contributed by atoms with Crippen LogP contribution in [0.15, 0.2) is 47.4 Å². The first-order valence-electron chi connectivity index (χ1n) is 7.41. The van der Waals surface area contributed by atoms with Gasteiger partial charge in [-0.3, -0.25) is 0 Å². The van der Waals surface area contributed by atoms with Crippen LogP contribution in [0.3, 0.4) is 0 Å². The van der Waals surface area contributed by atoms with Gasteiger partial charge in [0.15, 0.2) is 0 Å². The van der Waals surface area contributed by atoms with Gasteiger partial charge in [-0.05, 0) is 36.8 Å². The van der Waals surface area contributed by atoms with E-state index in [1.54, 1.807) is 25.2 Å². The van der Waals surface area contributed by atoms with E-state index in [1.807, 2.05) is 31.2 Å². The number of ether oxygens (including phenoxy) is 1. The average Bonchev–Trinajstić information content (AvgIpc) is 3.05. The average molecular weight is 363 g/mol. The van der Waals surface area contributed by atoms with Crippen LogP contribution in [0.5, 0.6) is 5.75 Å². The SMILES string of the molecule is CCOc1ccc(CN(C)S(=O)(=O)c2cccc3nsnc23)cc1. The molecule has 24 heavy (non-hydrogen) atoms. The second kappa shape index (κ2) is 6.84. The highest BCUT2D eigenvalue weighted by Crippen LogP contribution is 2.25. The molecule has 0 radical (unpaired) electrons. The van der Waals surface area contributed by atoms with Crippen LogP contribution >= 0.6 is 11.7 Å². The Kier molecular flexibility index (Phi) is 4.79. The summed E-state index contributed by atoms with van der Waals surface area (Å²) in [5, 5.41) is 0. The Hall–Kier alpha value is -2.03. The Bertz CT molecular complexity index is 937. The summed E-state index contributed by atoms with van der Waals surface area (Å²) in [5.74, 6) is 0.769. The van der Waals surface area contributed by atoms with Crippen LogP contribution in [0.25, 0.3) is 11.0 Å². The molecule has 126 valence electrons. The Morgan fingerprint density at radius 3 is 2.58 bits per heavy atom. The summed E-state index contributed by atoms with van der Waals surface area (Å²) in [6.07, 6.45) is 0. The van der Waals surface area contributed by atoms with Gasteiger partial charge in [-0.2, -0.15) is 13.1 Å². The quantitative estimate of drug-likeness (QED) is 0.673. The molecular weight excluding hydrogens is 346 g/mol. The van der Waals surface area contributed by atoms with Gasteiger partial charge in [0.05, 0.1) is 18.3 Å². The van der Waals surface area contributed by atoms with Gasteiger partial charge in [-0.15, -0.1) is 0 Å². The standard InChI is InChI=1S/C16H17N3O3S2/c1-3-22-13-9-7-12(8-10-13)11-19(2)24(20,21)15-6-4-5-14-16(15)18-23-17-14/h4-10H,3,11H2,1-2H3. The molecule has 0 aliphatic rings. The zero-order chi connectivity index (χ0) is 17.2. The number of sulfonamides is 1. The lowest BCUT2D eigenvalue weighted by atomic mass is 10.2. The van der Waals surface area contributed by atoms with Gasteiger partial charge in [0.1, 0.15) is 21.7 Å². The summed E-state index contributed by atoms with van der Waals surface area (Å²) in [4.78, 5) is 0.183. The molecule has 1 aromatic heterocycles. The molecule has 3 rings (SSSR count). The maximum absolute atomic E-state index is 12.9. The zero-order valence-electron chi connectivity index (χ0n) is 13.3. The minimum Gasteiger partial charge on any atom is -0.494 e. The van der Waals surface area contributed by atoms with Crippen molar-refractivity contribution in [2.24, 2.45) is 0 Å². The van der Waals surface area contributed by atoms with Crippen molar-refractivity contribution in [1.82, 2.24) is 13.1 Å². The van der Waals surface area contributed by atoms with Crippen molar-refractivity contribution in [3.8, 4) is 5.75 Å². The first kappa shape index (κ1) is 16.8. The van der Waals surface area contributed by atoms with Crippen LogP contribution in [0.1, 0.15) is 12.5 Å². The first-order valence-corrected chi connectivity index (χ1v) is 9.59. The predicted octanol–water partition coefficient (Wildman–Crippen LogP) is 2.91. The molecule has 0 atom stereocenters. The molecule has 6 nitrogen and oxygen atoms in total. The van der Waals surface area contributed by atoms with Crippen LogP contribution in [0, 0.1) is 0 Å². The molecule has 1 heterocycles. The third-order valence-corrected chi connectivity index (χ3v) is 5.95. The molecule has 8 heteroatoms. The Morgan fingerprint density at radius 2 is 1.88 bits per heavy atom. The van der Waals surface area contributed by atoms with Crippen molar-refractivity contribution in [1.29, 1.82) is 0 Å². The van der Waals surface area contributed by atoms with E-state index < -0.39 is 10.0 Å². The molecule has 0 unspecified atom stereocenters. The maximum Gasteiger partial charge on any atom is 0.245 e. The number of nitrogens with zero attached hydrogens (tertiary/aromatic N) is 3. The van der Waals surface area contributed by atoms with Gasteiger partial charge in [0.2, 0.25) is 10.0 Å². The maximum atomic E-state index is 12.9. The van der Waals surface area contributed by atoms with E-state index in [-0.39, 0.29) is 11.4 Å². The fourth-order valence-corrected chi connectivity index (χ4v) is 4.26. The highest BCUT2D eigenvalue weighted by Gasteiger charge is 2.24. The Labute approximate surface area is 145 Å². The van der Waals surface area contributed by atoms with Crippen molar-refractivity contribution in [3.63, 3.8) is 0 Å². The lowest BCUT2D eigenvalue weighted by Crippen LogP contribution is -2.26. The first-order chi connectivity index (χ1) is 11.5. The molecule has 2 aromatic carbocycles. The molecule has 0 saturated carbocycles. The lowest BCUT2D eigenvalue weighted by Gasteiger charge is -2.17. The van der Waals surface area contributed by atoms with Crippen molar-refractivity contribution in [2.75, 3.05) is 13.7 Å². The second-order valence-corrected chi connectivity index (χ2v) is 7.77. The number of hydrogen-bond donors (Lipinski definition) is 0. The minimum atomic E-state index is -3.65. The highest BCUT2D eigenvalue weighted by molar-refractivity contribution is 7.89. The third kappa shape index (κ3) is 3.26. The van der Waals surface area contributed by atoms with Crippen LogP contribution in [0.4, 0.5) is 0 Å². The molecule has 0 amide bonds. The normalized spacial score (nSPS) is 12.0. The minimum absolute atomic E-state index is 0.183. The monoisotopic (exact) mass is 363 g/mol. The summed E-state index contributed by atoms with van der Waals surface area (Å²) in [6, 6.07) is 12.4. The largest absolute Gasteiger partial charge is 0.494 e. The fourth-order valence-electron chi connectivity index (χ4n) is 2.36. The van der Waals surface area contributed by atoms with E-state index in [4.69, 9.17) is 4.74 Å². The topological polar surface area (TPSA) is 72.4 Å². The Balaban J connectivity index is 1.85. The van der Waals surface area contributed by atoms with Crippen LogP contribution in [0.2, 0.25) is 0 Å². The van der Waals surface area contributed by atoms with Gasteiger partial charge in [-0.1, -0.05) is 18.2 Å². The Morgan fingerprint density at radius 1 is 1.12 bits per heavy atom. The zero-order valence-corrected chi connectivity index (χ0v) is 15.0. The van der Waals surface area contributed by atoms with Crippen LogP contribution < -0.4 is 4.74 Å². The predicted molar refractivity (Wildman–Crippen MR) is 93.7 cm³/mol. The summed E-state index contributed by atoms with van der Waals surface area (Å²) < 4.78 is 40.6. The van der Waals surface area contributed by atoms with Crippen LogP contribution in [-0.2, 0) is 16.6 Å². The van der Waals surface area contributed by atoms with Crippen molar-refractivity contribution in [2.45, 2.75) is 18.4 Å². The van der Waals surface area contributed by atoms with E-state index >= 15 is 0 Å². The summed E-state index contributed by atoms with van der Waals surface area (Å²) >= 11 is 1.01. The number of rotatable bonds is 6. The number of aromatic nitrogens is 2. The molecular formula is C16H17N3O3S2. The molecule has 3 aromatic rings. The van der Waals surface area contributed by atoms with Crippen LogP contribution in [-0.4, -0.2) is 35.1 Å². The third-order valence-electron chi connectivity index (χ3n) is 3.58. The van der Waals surface area contributed by atoms with Gasteiger partial charge in [0, 0.05) is 13.6 Å². The number of hydrogen-bond acceptors (Lipinski definition) is 6. The highest BCUT2D eigenvalue weighted by atomic mass is 32.2. The van der Waals surface area contributed by atoms with E-state index in [0.717, 1.165) is 23.0 Å². The van der Waals surface area contributed by atoms with E-state index in [9.17, 15) is 8.42 Å². The fraction of sp³-hybridized carbons (Fsp3) is 0.250. The van der Waals surface area contributed by atoms with E-state index in [2.05, 4.69) is 8.75 Å². The van der Waals surface area contributed by atoms with Gasteiger partial charge in [0.25, 0.3) is 0 Å². The molecule has 0 aliphatic carbocycles. The van der Waals surface area contributed by atoms with Crippen molar-refractivity contribution in [3.05, 3.63) is 48.0 Å². The summed E-state index contributed by atoms with van der Waals surface area (Å²) in [7, 11) is -2.09. The summed E-state index contributed by atoms with van der Waals surface area (Å²) in [5.41, 5.74) is 1.89. The molecule has 0 saturated heterocycles. The molecule has 0 bridgehead atoms.